The first kappa shape index (κ1) is 27.1. The summed E-state index contributed by atoms with van der Waals surface area (Å²) in [5.41, 5.74) is 0. The molecular weight excluding hydrogens is 400 g/mol. The van der Waals surface area contributed by atoms with E-state index in [4.69, 9.17) is 0 Å². The van der Waals surface area contributed by atoms with Gasteiger partial charge in [-0.25, -0.2) is 0 Å². The van der Waals surface area contributed by atoms with Crippen molar-refractivity contribution in [3.8, 4) is 0 Å². The fraction of sp³-hybridized carbons (Fsp3) is 0.923. The van der Waals surface area contributed by atoms with Gasteiger partial charge in [-0.05, 0) is 23.7 Å². The van der Waals surface area contributed by atoms with Gasteiger partial charge in [0.05, 0.1) is 0 Å². The van der Waals surface area contributed by atoms with Gasteiger partial charge in [-0.15, -0.1) is 0 Å². The molecule has 3 fully saturated rings. The van der Waals surface area contributed by atoms with Gasteiger partial charge < -0.3 is 18.8 Å². The average Bonchev–Trinajstić information content (AvgIpc) is 2.67. The first-order valence-electron chi connectivity index (χ1n) is 13.1. The second-order valence-electron chi connectivity index (χ2n) is 12.5. The summed E-state index contributed by atoms with van der Waals surface area (Å²) in [5, 5.41) is 0. The van der Waals surface area contributed by atoms with Crippen LogP contribution in [-0.2, 0) is 9.59 Å². The Bertz CT molecular complexity index is 531. The minimum Gasteiger partial charge on any atom is -0.337 e. The molecule has 0 spiro atoms. The van der Waals surface area contributed by atoms with Gasteiger partial charge in [0.1, 0.15) is 39.3 Å². The molecule has 0 radical (unpaired) electrons. The third kappa shape index (κ3) is 7.72. The number of hydrogen-bond donors (Lipinski definition) is 0. The molecular formula is C26H52N4O2+2. The monoisotopic (exact) mass is 452 g/mol. The predicted molar refractivity (Wildman–Crippen MR) is 132 cm³/mol. The zero-order valence-corrected chi connectivity index (χ0v) is 22.4. The summed E-state index contributed by atoms with van der Waals surface area (Å²) in [6.07, 6.45) is 0. The van der Waals surface area contributed by atoms with E-state index in [2.05, 4.69) is 65.2 Å². The SMILES string of the molecule is CC(C)CN(CC(C)C)C(=O)C[N+]12CC[N+](CC(=O)N(CC(C)C)CC(C)C)(CC1)CC2. The number of carbonyl (C=O) groups excluding carboxylic acids is 2. The molecule has 0 aromatic rings. The summed E-state index contributed by atoms with van der Waals surface area (Å²) in [6, 6.07) is 0. The summed E-state index contributed by atoms with van der Waals surface area (Å²) in [5.74, 6) is 2.63. The van der Waals surface area contributed by atoms with Crippen molar-refractivity contribution in [3.05, 3.63) is 0 Å². The fourth-order valence-corrected chi connectivity index (χ4v) is 5.51. The van der Waals surface area contributed by atoms with Gasteiger partial charge in [0.2, 0.25) is 0 Å². The van der Waals surface area contributed by atoms with E-state index in [-0.39, 0.29) is 0 Å². The van der Waals surface area contributed by atoms with Crippen LogP contribution in [-0.4, -0.2) is 109 Å². The lowest BCUT2D eigenvalue weighted by atomic mass is 10.1. The van der Waals surface area contributed by atoms with Crippen LogP contribution >= 0.6 is 0 Å². The molecule has 6 nitrogen and oxygen atoms in total. The topological polar surface area (TPSA) is 40.6 Å². The van der Waals surface area contributed by atoms with Crippen molar-refractivity contribution >= 4 is 11.8 Å². The molecule has 0 aromatic carbocycles. The van der Waals surface area contributed by atoms with Gasteiger partial charge in [-0.2, -0.15) is 0 Å². The van der Waals surface area contributed by atoms with Crippen LogP contribution < -0.4 is 0 Å². The van der Waals surface area contributed by atoms with Crippen molar-refractivity contribution in [1.82, 2.24) is 9.80 Å². The van der Waals surface area contributed by atoms with Gasteiger partial charge in [-0.1, -0.05) is 55.4 Å². The molecule has 0 aliphatic carbocycles. The standard InChI is InChI=1S/C26H52N4O2/c1-21(2)15-27(16-22(3)4)25(31)19-29-9-12-30(13-10-29,14-11-29)20-26(32)28(17-23(5)6)18-24(7)8/h21-24H,9-20H2,1-8H3/q+2. The van der Waals surface area contributed by atoms with E-state index in [1.54, 1.807) is 0 Å². The highest BCUT2D eigenvalue weighted by Crippen LogP contribution is 2.27. The Hall–Kier alpha value is -1.14. The zero-order chi connectivity index (χ0) is 24.1. The lowest BCUT2D eigenvalue weighted by molar-refractivity contribution is -1.07. The summed E-state index contributed by atoms with van der Waals surface area (Å²) >= 11 is 0. The van der Waals surface area contributed by atoms with Crippen LogP contribution in [0.25, 0.3) is 0 Å². The van der Waals surface area contributed by atoms with Crippen molar-refractivity contribution in [2.24, 2.45) is 23.7 Å². The van der Waals surface area contributed by atoms with Crippen molar-refractivity contribution in [2.45, 2.75) is 55.4 Å². The van der Waals surface area contributed by atoms with Crippen LogP contribution in [0.1, 0.15) is 55.4 Å². The van der Waals surface area contributed by atoms with Crippen LogP contribution in [0.5, 0.6) is 0 Å². The number of amides is 2. The lowest BCUT2D eigenvalue weighted by Crippen LogP contribution is -2.77. The Morgan fingerprint density at radius 2 is 0.750 bits per heavy atom. The average molecular weight is 453 g/mol. The molecule has 0 unspecified atom stereocenters. The quantitative estimate of drug-likeness (QED) is 0.427. The first-order chi connectivity index (χ1) is 14.9. The normalized spacial score (nSPS) is 25.2. The fourth-order valence-electron chi connectivity index (χ4n) is 5.51. The molecule has 3 saturated heterocycles. The second-order valence-corrected chi connectivity index (χ2v) is 12.5. The maximum absolute atomic E-state index is 13.3. The second kappa shape index (κ2) is 11.3. The minimum absolute atomic E-state index is 0.324. The largest absolute Gasteiger partial charge is 0.337 e. The van der Waals surface area contributed by atoms with Gasteiger partial charge >= 0.3 is 0 Å². The number of quaternary nitrogens is 2. The Morgan fingerprint density at radius 3 is 0.938 bits per heavy atom. The number of carbonyl (C=O) groups is 2. The van der Waals surface area contributed by atoms with Crippen molar-refractivity contribution in [2.75, 3.05) is 78.5 Å². The summed E-state index contributed by atoms with van der Waals surface area (Å²) in [4.78, 5) is 30.7. The van der Waals surface area contributed by atoms with E-state index < -0.39 is 0 Å². The molecule has 0 atom stereocenters. The molecule has 3 rings (SSSR count). The molecule has 3 aliphatic rings. The Labute approximate surface area is 198 Å². The van der Waals surface area contributed by atoms with Crippen LogP contribution in [0.4, 0.5) is 0 Å². The van der Waals surface area contributed by atoms with Crippen LogP contribution in [0.2, 0.25) is 0 Å². The third-order valence-electron chi connectivity index (χ3n) is 7.13. The molecule has 3 aliphatic heterocycles. The predicted octanol–water partition coefficient (Wildman–Crippen LogP) is 2.93. The number of nitrogens with zero attached hydrogens (tertiary/aromatic N) is 4. The smallest absolute Gasteiger partial charge is 0.277 e. The van der Waals surface area contributed by atoms with E-state index in [9.17, 15) is 9.59 Å². The van der Waals surface area contributed by atoms with Crippen molar-refractivity contribution in [1.29, 1.82) is 0 Å². The number of hydrogen-bond acceptors (Lipinski definition) is 2. The molecule has 2 bridgehead atoms. The molecule has 2 amide bonds. The Morgan fingerprint density at radius 1 is 0.531 bits per heavy atom. The number of piperazine rings is 3. The van der Waals surface area contributed by atoms with Crippen LogP contribution in [0.3, 0.4) is 0 Å². The van der Waals surface area contributed by atoms with Crippen LogP contribution in [0, 0.1) is 23.7 Å². The molecule has 186 valence electrons. The zero-order valence-electron chi connectivity index (χ0n) is 22.4. The molecule has 3 heterocycles. The highest BCUT2D eigenvalue weighted by molar-refractivity contribution is 5.78. The van der Waals surface area contributed by atoms with Gasteiger partial charge in [0.15, 0.2) is 13.1 Å². The van der Waals surface area contributed by atoms with Crippen molar-refractivity contribution < 1.29 is 18.6 Å². The van der Waals surface area contributed by atoms with Crippen molar-refractivity contribution in [3.63, 3.8) is 0 Å². The van der Waals surface area contributed by atoms with E-state index in [1.165, 1.54) is 0 Å². The third-order valence-corrected chi connectivity index (χ3v) is 7.13. The van der Waals surface area contributed by atoms with E-state index in [0.29, 0.717) is 48.6 Å². The highest BCUT2D eigenvalue weighted by atomic mass is 16.2. The molecule has 0 N–H and O–H groups in total. The number of rotatable bonds is 12. The molecule has 0 saturated carbocycles. The minimum atomic E-state index is 0.324. The van der Waals surface area contributed by atoms with Gasteiger partial charge in [0.25, 0.3) is 11.8 Å². The van der Waals surface area contributed by atoms with Gasteiger partial charge in [0, 0.05) is 26.2 Å². The maximum atomic E-state index is 13.3. The molecule has 32 heavy (non-hydrogen) atoms. The Balaban J connectivity index is 1.98. The summed E-state index contributed by atoms with van der Waals surface area (Å²) in [6.45, 7) is 28.4. The van der Waals surface area contributed by atoms with Crippen LogP contribution in [0.15, 0.2) is 0 Å². The highest BCUT2D eigenvalue weighted by Gasteiger charge is 2.51. The van der Waals surface area contributed by atoms with Gasteiger partial charge in [-0.3, -0.25) is 9.59 Å². The Kier molecular flexibility index (Phi) is 9.59. The molecule has 0 aromatic heterocycles. The van der Waals surface area contributed by atoms with E-state index >= 15 is 0 Å². The maximum Gasteiger partial charge on any atom is 0.277 e. The van der Waals surface area contributed by atoms with E-state index in [0.717, 1.165) is 74.4 Å². The first-order valence-corrected chi connectivity index (χ1v) is 13.1. The lowest BCUT2D eigenvalue weighted by Gasteiger charge is -2.55. The number of fused-ring (bicyclic) bond motifs is 3. The summed E-state index contributed by atoms with van der Waals surface area (Å²) in [7, 11) is 0. The summed E-state index contributed by atoms with van der Waals surface area (Å²) < 4.78 is 1.86. The molecule has 6 heteroatoms. The van der Waals surface area contributed by atoms with E-state index in [1.807, 2.05) is 0 Å².